The Kier molecular flexibility index (Phi) is 4.84. The van der Waals surface area contributed by atoms with Crippen molar-refractivity contribution in [1.29, 1.82) is 0 Å². The van der Waals surface area contributed by atoms with Crippen LogP contribution >= 0.6 is 0 Å². The summed E-state index contributed by atoms with van der Waals surface area (Å²) in [7, 11) is 0. The maximum atomic E-state index is 4.83. The lowest BCUT2D eigenvalue weighted by Crippen LogP contribution is -2.25. The van der Waals surface area contributed by atoms with Crippen LogP contribution in [-0.4, -0.2) is 37.5 Å². The predicted octanol–water partition coefficient (Wildman–Crippen LogP) is 3.43. The zero-order chi connectivity index (χ0) is 16.9. The maximum Gasteiger partial charge on any atom is 0.156 e. The summed E-state index contributed by atoms with van der Waals surface area (Å²) in [6.07, 6.45) is 13.8. The highest BCUT2D eigenvalue weighted by molar-refractivity contribution is 5.21. The van der Waals surface area contributed by atoms with Gasteiger partial charge < -0.3 is 0 Å². The van der Waals surface area contributed by atoms with Crippen LogP contribution in [0.5, 0.6) is 0 Å². The summed E-state index contributed by atoms with van der Waals surface area (Å²) >= 11 is 0. The number of likely N-dealkylation sites (tertiary alicyclic amines) is 1. The second-order valence-electron chi connectivity index (χ2n) is 6.56. The molecular formula is C20H23N5. The number of imidazole rings is 1. The normalized spacial score (nSPS) is 17.8. The van der Waals surface area contributed by atoms with Gasteiger partial charge in [-0.25, -0.2) is 9.97 Å². The quantitative estimate of drug-likeness (QED) is 0.693. The molecule has 0 N–H and O–H groups in total. The standard InChI is InChI=1S/C20H23N5/c1-2-6-17(7-3-1)8-4-11-24-12-5-9-19(24)18-14-22-15-20(23-18)25-13-10-21-16-25/h1-3,6-7,10,13-16,19H,4-5,8-9,11-12H2/t19-/m1/s1. The van der Waals surface area contributed by atoms with E-state index in [1.54, 1.807) is 18.7 Å². The molecule has 0 bridgehead atoms. The molecule has 1 aromatic carbocycles. The van der Waals surface area contributed by atoms with E-state index in [9.17, 15) is 0 Å². The molecule has 25 heavy (non-hydrogen) atoms. The van der Waals surface area contributed by atoms with Gasteiger partial charge in [-0.1, -0.05) is 30.3 Å². The first-order valence-electron chi connectivity index (χ1n) is 8.98. The molecule has 0 aliphatic carbocycles. The SMILES string of the molecule is c1ccc(CCCN2CCC[C@@H]2c2cncc(-n3ccnc3)n2)cc1. The van der Waals surface area contributed by atoms with Crippen LogP contribution in [0.2, 0.25) is 0 Å². The Hall–Kier alpha value is -2.53. The molecule has 1 atom stereocenters. The van der Waals surface area contributed by atoms with Gasteiger partial charge in [-0.2, -0.15) is 0 Å². The fourth-order valence-electron chi connectivity index (χ4n) is 3.61. The number of rotatable bonds is 6. The summed E-state index contributed by atoms with van der Waals surface area (Å²) < 4.78 is 1.91. The number of nitrogens with zero attached hydrogens (tertiary/aromatic N) is 5. The van der Waals surface area contributed by atoms with Crippen LogP contribution in [0.15, 0.2) is 61.4 Å². The van der Waals surface area contributed by atoms with Crippen molar-refractivity contribution in [3.63, 3.8) is 0 Å². The average Bonchev–Trinajstić information content (AvgIpc) is 3.35. The van der Waals surface area contributed by atoms with Crippen molar-refractivity contribution in [2.75, 3.05) is 13.1 Å². The van der Waals surface area contributed by atoms with Gasteiger partial charge in [-0.15, -0.1) is 0 Å². The van der Waals surface area contributed by atoms with Gasteiger partial charge in [0.1, 0.15) is 6.33 Å². The van der Waals surface area contributed by atoms with E-state index in [2.05, 4.69) is 45.2 Å². The minimum Gasteiger partial charge on any atom is -0.295 e. The Morgan fingerprint density at radius 2 is 2.00 bits per heavy atom. The molecule has 3 aromatic rings. The summed E-state index contributed by atoms with van der Waals surface area (Å²) in [6, 6.07) is 11.1. The molecule has 5 heteroatoms. The molecule has 1 fully saturated rings. The fraction of sp³-hybridized carbons (Fsp3) is 0.350. The van der Waals surface area contributed by atoms with Crippen LogP contribution in [0.1, 0.15) is 36.6 Å². The molecule has 0 saturated carbocycles. The Balaban J connectivity index is 1.42. The van der Waals surface area contributed by atoms with Gasteiger partial charge in [-0.05, 0) is 44.3 Å². The monoisotopic (exact) mass is 333 g/mol. The molecule has 0 spiro atoms. The number of hydrogen-bond donors (Lipinski definition) is 0. The lowest BCUT2D eigenvalue weighted by atomic mass is 10.1. The van der Waals surface area contributed by atoms with E-state index in [1.807, 2.05) is 17.0 Å². The third-order valence-electron chi connectivity index (χ3n) is 4.87. The van der Waals surface area contributed by atoms with Crippen molar-refractivity contribution in [3.05, 3.63) is 72.7 Å². The van der Waals surface area contributed by atoms with Gasteiger partial charge in [0.15, 0.2) is 5.82 Å². The summed E-state index contributed by atoms with van der Waals surface area (Å²) in [5.74, 6) is 0.839. The first-order chi connectivity index (χ1) is 12.4. The summed E-state index contributed by atoms with van der Waals surface area (Å²) in [5.41, 5.74) is 2.49. The molecule has 128 valence electrons. The summed E-state index contributed by atoms with van der Waals surface area (Å²) in [5, 5.41) is 0. The van der Waals surface area contributed by atoms with Gasteiger partial charge in [-0.3, -0.25) is 14.5 Å². The fourth-order valence-corrected chi connectivity index (χ4v) is 3.61. The van der Waals surface area contributed by atoms with Crippen LogP contribution in [0.3, 0.4) is 0 Å². The Morgan fingerprint density at radius 3 is 2.84 bits per heavy atom. The molecule has 1 aliphatic heterocycles. The van der Waals surface area contributed by atoms with Crippen LogP contribution in [0, 0.1) is 0 Å². The molecule has 5 nitrogen and oxygen atoms in total. The van der Waals surface area contributed by atoms with Gasteiger partial charge in [0, 0.05) is 12.4 Å². The highest BCUT2D eigenvalue weighted by atomic mass is 15.2. The van der Waals surface area contributed by atoms with Crippen LogP contribution < -0.4 is 0 Å². The smallest absolute Gasteiger partial charge is 0.156 e. The summed E-state index contributed by atoms with van der Waals surface area (Å²) in [6.45, 7) is 2.26. The molecule has 1 aliphatic rings. The second-order valence-corrected chi connectivity index (χ2v) is 6.56. The number of benzene rings is 1. The average molecular weight is 333 g/mol. The molecule has 2 aromatic heterocycles. The maximum absolute atomic E-state index is 4.83. The van der Waals surface area contributed by atoms with Crippen molar-refractivity contribution in [3.8, 4) is 5.82 Å². The zero-order valence-electron chi connectivity index (χ0n) is 14.3. The van der Waals surface area contributed by atoms with E-state index < -0.39 is 0 Å². The lowest BCUT2D eigenvalue weighted by Gasteiger charge is -2.24. The first-order valence-corrected chi connectivity index (χ1v) is 8.98. The molecule has 3 heterocycles. The van der Waals surface area contributed by atoms with Crippen LogP contribution in [-0.2, 0) is 6.42 Å². The number of aryl methyl sites for hydroxylation is 1. The molecule has 1 saturated heterocycles. The minimum atomic E-state index is 0.381. The molecule has 0 radical (unpaired) electrons. The highest BCUT2D eigenvalue weighted by Gasteiger charge is 2.27. The largest absolute Gasteiger partial charge is 0.295 e. The third kappa shape index (κ3) is 3.77. The van der Waals surface area contributed by atoms with E-state index >= 15 is 0 Å². The highest BCUT2D eigenvalue weighted by Crippen LogP contribution is 2.30. The van der Waals surface area contributed by atoms with E-state index in [1.165, 1.54) is 18.4 Å². The third-order valence-corrected chi connectivity index (χ3v) is 4.87. The second kappa shape index (κ2) is 7.57. The van der Waals surface area contributed by atoms with Crippen molar-refractivity contribution in [1.82, 2.24) is 24.4 Å². The number of hydrogen-bond acceptors (Lipinski definition) is 4. The van der Waals surface area contributed by atoms with E-state index in [0.29, 0.717) is 6.04 Å². The van der Waals surface area contributed by atoms with Crippen molar-refractivity contribution in [2.45, 2.75) is 31.7 Å². The first kappa shape index (κ1) is 16.0. The Morgan fingerprint density at radius 1 is 1.08 bits per heavy atom. The van der Waals surface area contributed by atoms with E-state index in [0.717, 1.165) is 37.4 Å². The van der Waals surface area contributed by atoms with Crippen LogP contribution in [0.25, 0.3) is 5.82 Å². The molecular weight excluding hydrogens is 310 g/mol. The van der Waals surface area contributed by atoms with Gasteiger partial charge in [0.25, 0.3) is 0 Å². The van der Waals surface area contributed by atoms with Gasteiger partial charge in [0.2, 0.25) is 0 Å². The van der Waals surface area contributed by atoms with Crippen molar-refractivity contribution in [2.24, 2.45) is 0 Å². The van der Waals surface area contributed by atoms with Gasteiger partial charge >= 0.3 is 0 Å². The van der Waals surface area contributed by atoms with Gasteiger partial charge in [0.05, 0.1) is 24.1 Å². The Bertz CT molecular complexity index is 785. The van der Waals surface area contributed by atoms with E-state index in [4.69, 9.17) is 4.98 Å². The summed E-state index contributed by atoms with van der Waals surface area (Å²) in [4.78, 5) is 15.9. The lowest BCUT2D eigenvalue weighted by molar-refractivity contribution is 0.249. The molecule has 4 rings (SSSR count). The van der Waals surface area contributed by atoms with E-state index in [-0.39, 0.29) is 0 Å². The van der Waals surface area contributed by atoms with Crippen molar-refractivity contribution < 1.29 is 0 Å². The van der Waals surface area contributed by atoms with Crippen LogP contribution in [0.4, 0.5) is 0 Å². The molecule has 0 amide bonds. The number of aromatic nitrogens is 4. The molecule has 0 unspecified atom stereocenters. The predicted molar refractivity (Wildman–Crippen MR) is 97.5 cm³/mol. The minimum absolute atomic E-state index is 0.381. The zero-order valence-corrected chi connectivity index (χ0v) is 14.3. The van der Waals surface area contributed by atoms with Crippen molar-refractivity contribution >= 4 is 0 Å². The Labute approximate surface area is 148 Å². The topological polar surface area (TPSA) is 46.8 Å².